The first-order valence-electron chi connectivity index (χ1n) is 8.71. The van der Waals surface area contributed by atoms with Gasteiger partial charge in [0.2, 0.25) is 5.89 Å². The Bertz CT molecular complexity index is 1260. The van der Waals surface area contributed by atoms with Crippen LogP contribution in [0.3, 0.4) is 0 Å². The van der Waals surface area contributed by atoms with Gasteiger partial charge < -0.3 is 4.42 Å². The van der Waals surface area contributed by atoms with Crippen LogP contribution in [0.15, 0.2) is 86.7 Å². The Hall–Kier alpha value is -3.58. The van der Waals surface area contributed by atoms with Gasteiger partial charge in [-0.25, -0.2) is 4.98 Å². The molecule has 1 aromatic heterocycles. The molecule has 0 amide bonds. The van der Waals surface area contributed by atoms with E-state index in [4.69, 9.17) is 4.42 Å². The summed E-state index contributed by atoms with van der Waals surface area (Å²) in [6.45, 7) is 0. The average Bonchev–Trinajstić information content (AvgIpc) is 3.15. The standard InChI is InChI=1S/C22H14BrN3O3/c23-17-8-3-6-16(13-17)22-25-19-14-18(10-11-21(19)29-22)24-12-4-7-15-5-1-2-9-20(15)26(27)28/h1-14H/b7-4+,24-12?. The Morgan fingerprint density at radius 2 is 1.93 bits per heavy atom. The lowest BCUT2D eigenvalue weighted by atomic mass is 10.1. The zero-order valence-corrected chi connectivity index (χ0v) is 16.6. The number of halogens is 1. The molecule has 0 unspecified atom stereocenters. The first kappa shape index (κ1) is 18.8. The van der Waals surface area contributed by atoms with E-state index in [1.807, 2.05) is 42.5 Å². The first-order valence-corrected chi connectivity index (χ1v) is 9.50. The van der Waals surface area contributed by atoms with Crippen LogP contribution in [-0.2, 0) is 0 Å². The first-order chi connectivity index (χ1) is 14.1. The van der Waals surface area contributed by atoms with Gasteiger partial charge in [0.05, 0.1) is 16.2 Å². The van der Waals surface area contributed by atoms with Crippen molar-refractivity contribution >= 4 is 50.7 Å². The smallest absolute Gasteiger partial charge is 0.276 e. The summed E-state index contributed by atoms with van der Waals surface area (Å²) < 4.78 is 6.77. The van der Waals surface area contributed by atoms with Crippen molar-refractivity contribution in [1.82, 2.24) is 4.98 Å². The molecule has 0 radical (unpaired) electrons. The molecule has 0 bridgehead atoms. The monoisotopic (exact) mass is 447 g/mol. The molecular formula is C22H14BrN3O3. The van der Waals surface area contributed by atoms with Gasteiger partial charge in [0, 0.05) is 22.3 Å². The van der Waals surface area contributed by atoms with E-state index in [0.29, 0.717) is 28.2 Å². The third-order valence-electron chi connectivity index (χ3n) is 4.16. The van der Waals surface area contributed by atoms with E-state index in [-0.39, 0.29) is 5.69 Å². The fraction of sp³-hybridized carbons (Fsp3) is 0. The molecule has 0 fully saturated rings. The van der Waals surface area contributed by atoms with Crippen LogP contribution in [0.4, 0.5) is 11.4 Å². The van der Waals surface area contributed by atoms with E-state index in [2.05, 4.69) is 25.9 Å². The number of nitrogens with zero attached hydrogens (tertiary/aromatic N) is 3. The second-order valence-electron chi connectivity index (χ2n) is 6.13. The molecule has 29 heavy (non-hydrogen) atoms. The van der Waals surface area contributed by atoms with Crippen molar-refractivity contribution in [2.24, 2.45) is 4.99 Å². The van der Waals surface area contributed by atoms with Crippen LogP contribution in [0.2, 0.25) is 0 Å². The van der Waals surface area contributed by atoms with E-state index >= 15 is 0 Å². The van der Waals surface area contributed by atoms with E-state index in [9.17, 15) is 10.1 Å². The molecule has 3 aromatic carbocycles. The Morgan fingerprint density at radius 1 is 1.07 bits per heavy atom. The highest BCUT2D eigenvalue weighted by Gasteiger charge is 2.10. The van der Waals surface area contributed by atoms with Gasteiger partial charge in [-0.3, -0.25) is 15.1 Å². The number of oxazole rings is 1. The fourth-order valence-corrected chi connectivity index (χ4v) is 3.21. The van der Waals surface area contributed by atoms with Crippen molar-refractivity contribution in [2.75, 3.05) is 0 Å². The number of aliphatic imine (C=N–C) groups is 1. The summed E-state index contributed by atoms with van der Waals surface area (Å²) in [7, 11) is 0. The van der Waals surface area contributed by atoms with E-state index in [1.54, 1.807) is 36.6 Å². The highest BCUT2D eigenvalue weighted by molar-refractivity contribution is 9.10. The Kier molecular flexibility index (Phi) is 5.31. The molecule has 0 aliphatic carbocycles. The number of fused-ring (bicyclic) bond motifs is 1. The predicted molar refractivity (Wildman–Crippen MR) is 117 cm³/mol. The van der Waals surface area contributed by atoms with E-state index in [1.165, 1.54) is 6.07 Å². The SMILES string of the molecule is O=[N+]([O-])c1ccccc1/C=C/C=Nc1ccc2oc(-c3cccc(Br)c3)nc2c1. The molecule has 1 heterocycles. The molecule has 4 aromatic rings. The minimum Gasteiger partial charge on any atom is -0.436 e. The second-order valence-corrected chi connectivity index (χ2v) is 7.05. The highest BCUT2D eigenvalue weighted by atomic mass is 79.9. The number of benzene rings is 3. The quantitative estimate of drug-likeness (QED) is 0.196. The largest absolute Gasteiger partial charge is 0.436 e. The van der Waals surface area contributed by atoms with Crippen molar-refractivity contribution in [3.05, 3.63) is 93.0 Å². The zero-order valence-electron chi connectivity index (χ0n) is 15.0. The fourth-order valence-electron chi connectivity index (χ4n) is 2.81. The molecule has 0 atom stereocenters. The third kappa shape index (κ3) is 4.30. The number of rotatable bonds is 5. The summed E-state index contributed by atoms with van der Waals surface area (Å²) >= 11 is 3.45. The van der Waals surface area contributed by atoms with Crippen LogP contribution in [0.25, 0.3) is 28.6 Å². The maximum Gasteiger partial charge on any atom is 0.276 e. The van der Waals surface area contributed by atoms with Crippen LogP contribution in [-0.4, -0.2) is 16.1 Å². The second kappa shape index (κ2) is 8.20. The highest BCUT2D eigenvalue weighted by Crippen LogP contribution is 2.28. The maximum atomic E-state index is 11.0. The van der Waals surface area contributed by atoms with Crippen LogP contribution in [0.5, 0.6) is 0 Å². The van der Waals surface area contributed by atoms with Gasteiger partial charge in [-0.1, -0.05) is 34.1 Å². The summed E-state index contributed by atoms with van der Waals surface area (Å²) in [6.07, 6.45) is 4.91. The molecule has 0 saturated carbocycles. The summed E-state index contributed by atoms with van der Waals surface area (Å²) in [5, 5.41) is 11.0. The van der Waals surface area contributed by atoms with Gasteiger partial charge in [-0.2, -0.15) is 0 Å². The molecule has 0 aliphatic rings. The normalized spacial score (nSPS) is 11.6. The minimum atomic E-state index is -0.405. The molecular weight excluding hydrogens is 434 g/mol. The van der Waals surface area contributed by atoms with Gasteiger partial charge >= 0.3 is 0 Å². The molecule has 0 spiro atoms. The Balaban J connectivity index is 1.55. The van der Waals surface area contributed by atoms with Crippen LogP contribution >= 0.6 is 15.9 Å². The number of para-hydroxylation sites is 1. The van der Waals surface area contributed by atoms with Crippen molar-refractivity contribution in [1.29, 1.82) is 0 Å². The average molecular weight is 448 g/mol. The molecule has 7 heteroatoms. The summed E-state index contributed by atoms with van der Waals surface area (Å²) in [6, 6.07) is 19.8. The van der Waals surface area contributed by atoms with Crippen LogP contribution < -0.4 is 0 Å². The number of allylic oxidation sites excluding steroid dienone is 1. The number of aromatic nitrogens is 1. The van der Waals surface area contributed by atoms with Gasteiger partial charge in [0.1, 0.15) is 5.52 Å². The van der Waals surface area contributed by atoms with Gasteiger partial charge in [0.25, 0.3) is 5.69 Å². The van der Waals surface area contributed by atoms with Crippen molar-refractivity contribution < 1.29 is 9.34 Å². The van der Waals surface area contributed by atoms with E-state index < -0.39 is 4.92 Å². The number of hydrogen-bond donors (Lipinski definition) is 0. The van der Waals surface area contributed by atoms with Crippen molar-refractivity contribution in [2.45, 2.75) is 0 Å². The molecule has 142 valence electrons. The van der Waals surface area contributed by atoms with Crippen LogP contribution in [0.1, 0.15) is 5.56 Å². The summed E-state index contributed by atoms with van der Waals surface area (Å²) in [5.41, 5.74) is 3.55. The van der Waals surface area contributed by atoms with Crippen LogP contribution in [0, 0.1) is 10.1 Å². The third-order valence-corrected chi connectivity index (χ3v) is 4.65. The van der Waals surface area contributed by atoms with Gasteiger partial charge in [0.15, 0.2) is 5.58 Å². The summed E-state index contributed by atoms with van der Waals surface area (Å²) in [4.78, 5) is 19.5. The Morgan fingerprint density at radius 3 is 2.76 bits per heavy atom. The molecule has 6 nitrogen and oxygen atoms in total. The van der Waals surface area contributed by atoms with Gasteiger partial charge in [-0.05, 0) is 54.6 Å². The lowest BCUT2D eigenvalue weighted by Crippen LogP contribution is -1.90. The number of nitro benzene ring substituents is 1. The molecule has 4 rings (SSSR count). The summed E-state index contributed by atoms with van der Waals surface area (Å²) in [5.74, 6) is 0.540. The van der Waals surface area contributed by atoms with Crippen molar-refractivity contribution in [3.8, 4) is 11.5 Å². The molecule has 0 saturated heterocycles. The van der Waals surface area contributed by atoms with Crippen molar-refractivity contribution in [3.63, 3.8) is 0 Å². The van der Waals surface area contributed by atoms with E-state index in [0.717, 1.165) is 10.0 Å². The maximum absolute atomic E-state index is 11.0. The Labute approximate surface area is 174 Å². The predicted octanol–water partition coefficient (Wildman–Crippen LogP) is 6.58. The topological polar surface area (TPSA) is 81.5 Å². The number of nitro groups is 1. The number of hydrogen-bond acceptors (Lipinski definition) is 5. The molecule has 0 aliphatic heterocycles. The lowest BCUT2D eigenvalue weighted by Gasteiger charge is -1.95. The minimum absolute atomic E-state index is 0.0567. The lowest BCUT2D eigenvalue weighted by molar-refractivity contribution is -0.385. The zero-order chi connectivity index (χ0) is 20.2. The molecule has 0 N–H and O–H groups in total. The van der Waals surface area contributed by atoms with Gasteiger partial charge in [-0.15, -0.1) is 0 Å².